The number of benzene rings is 1. The molecule has 0 N–H and O–H groups in total. The van der Waals surface area contributed by atoms with E-state index in [9.17, 15) is 9.00 Å². The van der Waals surface area contributed by atoms with Gasteiger partial charge in [0.1, 0.15) is 0 Å². The van der Waals surface area contributed by atoms with Gasteiger partial charge in [0.15, 0.2) is 5.78 Å². The Balaban J connectivity index is 2.08. The summed E-state index contributed by atoms with van der Waals surface area (Å²) in [4.78, 5) is 12.4. The van der Waals surface area contributed by atoms with E-state index in [0.29, 0.717) is 18.8 Å². The molecule has 0 aliphatic carbocycles. The lowest BCUT2D eigenvalue weighted by molar-refractivity contribution is 0.0980. The molecule has 110 valence electrons. The largest absolute Gasteiger partial charge is 0.381 e. The zero-order valence-corrected chi connectivity index (χ0v) is 13.2. The molecule has 0 spiro atoms. The summed E-state index contributed by atoms with van der Waals surface area (Å²) in [6.45, 7) is 7.30. The van der Waals surface area contributed by atoms with Crippen LogP contribution in [-0.2, 0) is 15.5 Å². The van der Waals surface area contributed by atoms with Gasteiger partial charge >= 0.3 is 0 Å². The SMILES string of the molecule is Cc1cc(C)c(C(=O)CS(=O)C2CCOCC2)cc1C. The molecule has 0 saturated carbocycles. The number of carbonyl (C=O) groups is 1. The Hall–Kier alpha value is -1.00. The number of ether oxygens (including phenoxy) is 1. The summed E-state index contributed by atoms with van der Waals surface area (Å²) < 4.78 is 17.5. The van der Waals surface area contributed by atoms with Crippen molar-refractivity contribution in [3.05, 3.63) is 34.4 Å². The van der Waals surface area contributed by atoms with Crippen LogP contribution in [0.4, 0.5) is 0 Å². The van der Waals surface area contributed by atoms with Gasteiger partial charge in [0.25, 0.3) is 0 Å². The third-order valence-electron chi connectivity index (χ3n) is 3.95. The lowest BCUT2D eigenvalue weighted by Crippen LogP contribution is -2.28. The Morgan fingerprint density at radius 3 is 2.40 bits per heavy atom. The maximum Gasteiger partial charge on any atom is 0.175 e. The van der Waals surface area contributed by atoms with Crippen LogP contribution < -0.4 is 0 Å². The number of aryl methyl sites for hydroxylation is 3. The number of rotatable bonds is 4. The third kappa shape index (κ3) is 3.55. The van der Waals surface area contributed by atoms with Gasteiger partial charge < -0.3 is 4.74 Å². The maximum atomic E-state index is 12.4. The molecule has 0 radical (unpaired) electrons. The monoisotopic (exact) mass is 294 g/mol. The van der Waals surface area contributed by atoms with Gasteiger partial charge in [-0.15, -0.1) is 0 Å². The van der Waals surface area contributed by atoms with Gasteiger partial charge in [-0.3, -0.25) is 9.00 Å². The first-order valence-corrected chi connectivity index (χ1v) is 8.43. The van der Waals surface area contributed by atoms with E-state index in [1.54, 1.807) is 0 Å². The van der Waals surface area contributed by atoms with E-state index in [4.69, 9.17) is 4.74 Å². The fourth-order valence-electron chi connectivity index (χ4n) is 2.52. The minimum atomic E-state index is -1.09. The van der Waals surface area contributed by atoms with Crippen LogP contribution in [0.3, 0.4) is 0 Å². The quantitative estimate of drug-likeness (QED) is 0.802. The Labute approximate surface area is 123 Å². The van der Waals surface area contributed by atoms with Crippen molar-refractivity contribution in [2.24, 2.45) is 0 Å². The molecule has 1 aromatic carbocycles. The molecule has 1 aromatic rings. The minimum Gasteiger partial charge on any atom is -0.381 e. The molecule has 0 bridgehead atoms. The lowest BCUT2D eigenvalue weighted by Gasteiger charge is -2.21. The predicted molar refractivity (Wildman–Crippen MR) is 81.8 cm³/mol. The van der Waals surface area contributed by atoms with Gasteiger partial charge in [-0.1, -0.05) is 6.07 Å². The van der Waals surface area contributed by atoms with Crippen molar-refractivity contribution in [2.75, 3.05) is 19.0 Å². The van der Waals surface area contributed by atoms with Crippen LogP contribution in [0.2, 0.25) is 0 Å². The van der Waals surface area contributed by atoms with E-state index in [1.165, 1.54) is 5.56 Å². The highest BCUT2D eigenvalue weighted by molar-refractivity contribution is 7.86. The van der Waals surface area contributed by atoms with Crippen molar-refractivity contribution in [1.82, 2.24) is 0 Å². The van der Waals surface area contributed by atoms with Gasteiger partial charge in [0, 0.05) is 34.8 Å². The van der Waals surface area contributed by atoms with E-state index in [1.807, 2.05) is 32.9 Å². The Morgan fingerprint density at radius 1 is 1.15 bits per heavy atom. The molecule has 20 heavy (non-hydrogen) atoms. The lowest BCUT2D eigenvalue weighted by atomic mass is 9.99. The molecule has 1 atom stereocenters. The average Bonchev–Trinajstić information content (AvgIpc) is 2.43. The summed E-state index contributed by atoms with van der Waals surface area (Å²) in [5.41, 5.74) is 3.98. The molecule has 1 unspecified atom stereocenters. The number of ketones is 1. The minimum absolute atomic E-state index is 0.00424. The molecule has 1 fully saturated rings. The molecule has 0 amide bonds. The fraction of sp³-hybridized carbons (Fsp3) is 0.562. The summed E-state index contributed by atoms with van der Waals surface area (Å²) in [7, 11) is -1.09. The standard InChI is InChI=1S/C16H22O3S/c1-11-8-13(3)15(9-12(11)2)16(17)10-20(18)14-4-6-19-7-5-14/h8-9,14H,4-7,10H2,1-3H3. The van der Waals surface area contributed by atoms with Gasteiger partial charge in [-0.2, -0.15) is 0 Å². The van der Waals surface area contributed by atoms with Crippen LogP contribution in [0.25, 0.3) is 0 Å². The number of hydrogen-bond acceptors (Lipinski definition) is 3. The molecule has 1 aliphatic rings. The number of Topliss-reactive ketones (excluding diaryl/α,β-unsaturated/α-hetero) is 1. The first-order chi connectivity index (χ1) is 9.49. The van der Waals surface area contributed by atoms with Crippen LogP contribution in [0, 0.1) is 20.8 Å². The third-order valence-corrected chi connectivity index (χ3v) is 5.72. The Bertz CT molecular complexity index is 531. The molecule has 1 saturated heterocycles. The second-order valence-electron chi connectivity index (χ2n) is 5.51. The van der Waals surface area contributed by atoms with Crippen molar-refractivity contribution < 1.29 is 13.7 Å². The Morgan fingerprint density at radius 2 is 1.75 bits per heavy atom. The zero-order chi connectivity index (χ0) is 14.7. The normalized spacial score (nSPS) is 17.9. The van der Waals surface area contributed by atoms with E-state index in [0.717, 1.165) is 24.0 Å². The van der Waals surface area contributed by atoms with Crippen LogP contribution >= 0.6 is 0 Å². The van der Waals surface area contributed by atoms with Crippen LogP contribution in [0.5, 0.6) is 0 Å². The molecule has 1 heterocycles. The molecule has 3 nitrogen and oxygen atoms in total. The van der Waals surface area contributed by atoms with E-state index in [-0.39, 0.29) is 16.8 Å². The molecular formula is C16H22O3S. The van der Waals surface area contributed by atoms with Gasteiger partial charge in [-0.25, -0.2) is 0 Å². The van der Waals surface area contributed by atoms with Crippen molar-refractivity contribution in [3.8, 4) is 0 Å². The van der Waals surface area contributed by atoms with Crippen LogP contribution in [0.1, 0.15) is 39.9 Å². The molecule has 1 aliphatic heterocycles. The van der Waals surface area contributed by atoms with Crippen LogP contribution in [-0.4, -0.2) is 34.2 Å². The summed E-state index contributed by atoms with van der Waals surface area (Å²) in [6, 6.07) is 3.95. The zero-order valence-electron chi connectivity index (χ0n) is 12.4. The average molecular weight is 294 g/mol. The smallest absolute Gasteiger partial charge is 0.175 e. The van der Waals surface area contributed by atoms with Crippen LogP contribution in [0.15, 0.2) is 12.1 Å². The maximum absolute atomic E-state index is 12.4. The summed E-state index contributed by atoms with van der Waals surface area (Å²) >= 11 is 0. The topological polar surface area (TPSA) is 43.4 Å². The second kappa shape index (κ2) is 6.64. The number of hydrogen-bond donors (Lipinski definition) is 0. The summed E-state index contributed by atoms with van der Waals surface area (Å²) in [5, 5.41) is 0.111. The van der Waals surface area contributed by atoms with E-state index in [2.05, 4.69) is 0 Å². The second-order valence-corrected chi connectivity index (χ2v) is 7.23. The highest BCUT2D eigenvalue weighted by Crippen LogP contribution is 2.18. The fourth-order valence-corrected chi connectivity index (χ4v) is 3.89. The van der Waals surface area contributed by atoms with E-state index >= 15 is 0 Å². The molecular weight excluding hydrogens is 272 g/mol. The van der Waals surface area contributed by atoms with Crippen molar-refractivity contribution in [3.63, 3.8) is 0 Å². The Kier molecular flexibility index (Phi) is 5.11. The first kappa shape index (κ1) is 15.4. The highest BCUT2D eigenvalue weighted by Gasteiger charge is 2.23. The molecule has 0 aromatic heterocycles. The van der Waals surface area contributed by atoms with Gasteiger partial charge in [-0.05, 0) is 56.4 Å². The predicted octanol–water partition coefficient (Wildman–Crippen LogP) is 2.72. The first-order valence-electron chi connectivity index (χ1n) is 7.05. The molecule has 2 rings (SSSR count). The van der Waals surface area contributed by atoms with Crippen molar-refractivity contribution in [2.45, 2.75) is 38.9 Å². The highest BCUT2D eigenvalue weighted by atomic mass is 32.2. The van der Waals surface area contributed by atoms with Crippen molar-refractivity contribution in [1.29, 1.82) is 0 Å². The van der Waals surface area contributed by atoms with E-state index < -0.39 is 10.8 Å². The summed E-state index contributed by atoms with van der Waals surface area (Å²) in [5.74, 6) is 0.129. The van der Waals surface area contributed by atoms with Gasteiger partial charge in [0.2, 0.25) is 0 Å². The van der Waals surface area contributed by atoms with Crippen molar-refractivity contribution >= 4 is 16.6 Å². The molecule has 4 heteroatoms. The van der Waals surface area contributed by atoms with Gasteiger partial charge in [0.05, 0.1) is 5.75 Å². The summed E-state index contributed by atoms with van der Waals surface area (Å²) in [6.07, 6.45) is 1.59. The number of carbonyl (C=O) groups excluding carboxylic acids is 1.